The molecule has 1 amide bonds. The topological polar surface area (TPSA) is 123 Å². The molecule has 1 aliphatic carbocycles. The van der Waals surface area contributed by atoms with Crippen LogP contribution in [0.25, 0.3) is 0 Å². The van der Waals surface area contributed by atoms with E-state index in [1.54, 1.807) is 31.2 Å². The number of hydrogen-bond acceptors (Lipinski definition) is 6. The lowest BCUT2D eigenvalue weighted by Crippen LogP contribution is -2.16. The van der Waals surface area contributed by atoms with Crippen LogP contribution < -0.4 is 11.1 Å². The van der Waals surface area contributed by atoms with Crippen molar-refractivity contribution in [2.75, 3.05) is 5.32 Å². The standard InChI is InChI=1S/C18H23N5O3/c1-11(19)17-21-15(22-23-17)10-16(24)20-13-8-6-12(7-9-13)18(25)26-14-4-2-3-5-14/h6-9,11,14H,2-5,10,19H2,1H3,(H,20,24)(H,21,22,23). The zero-order valence-electron chi connectivity index (χ0n) is 14.7. The van der Waals surface area contributed by atoms with Crippen molar-refractivity contribution >= 4 is 17.6 Å². The van der Waals surface area contributed by atoms with Crippen LogP contribution >= 0.6 is 0 Å². The lowest BCUT2D eigenvalue weighted by Gasteiger charge is -2.11. The number of ether oxygens (including phenoxy) is 1. The molecule has 3 rings (SSSR count). The van der Waals surface area contributed by atoms with Crippen molar-refractivity contribution in [2.45, 2.75) is 51.2 Å². The highest BCUT2D eigenvalue weighted by molar-refractivity contribution is 5.93. The van der Waals surface area contributed by atoms with Crippen LogP contribution in [0.1, 0.15) is 60.7 Å². The van der Waals surface area contributed by atoms with Crippen molar-refractivity contribution in [1.29, 1.82) is 0 Å². The number of anilines is 1. The number of nitrogens with two attached hydrogens (primary N) is 1. The highest BCUT2D eigenvalue weighted by Gasteiger charge is 2.20. The second-order valence-electron chi connectivity index (χ2n) is 6.54. The number of nitrogens with one attached hydrogen (secondary N) is 2. The molecule has 0 aliphatic heterocycles. The SMILES string of the molecule is CC(N)c1n[nH]c(CC(=O)Nc2ccc(C(=O)OC3CCCC3)cc2)n1. The molecule has 8 nitrogen and oxygen atoms in total. The molecule has 1 aromatic carbocycles. The summed E-state index contributed by atoms with van der Waals surface area (Å²) in [6, 6.07) is 6.36. The lowest BCUT2D eigenvalue weighted by atomic mass is 10.2. The summed E-state index contributed by atoms with van der Waals surface area (Å²) in [6.07, 6.45) is 4.19. The number of aromatic nitrogens is 3. The van der Waals surface area contributed by atoms with E-state index in [9.17, 15) is 9.59 Å². The van der Waals surface area contributed by atoms with Crippen molar-refractivity contribution in [2.24, 2.45) is 5.73 Å². The molecular weight excluding hydrogens is 334 g/mol. The Hall–Kier alpha value is -2.74. The first-order valence-electron chi connectivity index (χ1n) is 8.79. The maximum atomic E-state index is 12.1. The molecule has 1 unspecified atom stereocenters. The summed E-state index contributed by atoms with van der Waals surface area (Å²) >= 11 is 0. The van der Waals surface area contributed by atoms with Gasteiger partial charge in [0.1, 0.15) is 11.9 Å². The fourth-order valence-corrected chi connectivity index (χ4v) is 2.87. The maximum Gasteiger partial charge on any atom is 0.338 e. The van der Waals surface area contributed by atoms with Gasteiger partial charge in [0, 0.05) is 5.69 Å². The molecule has 4 N–H and O–H groups in total. The van der Waals surface area contributed by atoms with E-state index >= 15 is 0 Å². The lowest BCUT2D eigenvalue weighted by molar-refractivity contribution is -0.115. The van der Waals surface area contributed by atoms with Gasteiger partial charge in [-0.1, -0.05) is 0 Å². The van der Waals surface area contributed by atoms with Gasteiger partial charge in [0.25, 0.3) is 0 Å². The van der Waals surface area contributed by atoms with Crippen molar-refractivity contribution in [3.05, 3.63) is 41.5 Å². The first kappa shape index (κ1) is 18.1. The number of rotatable bonds is 6. The van der Waals surface area contributed by atoms with Gasteiger partial charge in [0.15, 0.2) is 5.82 Å². The van der Waals surface area contributed by atoms with Crippen LogP contribution in [0.3, 0.4) is 0 Å². The number of benzene rings is 1. The average molecular weight is 357 g/mol. The molecule has 0 radical (unpaired) electrons. The summed E-state index contributed by atoms with van der Waals surface area (Å²) in [7, 11) is 0. The van der Waals surface area contributed by atoms with Gasteiger partial charge in [-0.05, 0) is 56.9 Å². The van der Waals surface area contributed by atoms with Crippen LogP contribution in [-0.4, -0.2) is 33.2 Å². The Bertz CT molecular complexity index is 763. The van der Waals surface area contributed by atoms with E-state index in [1.807, 2.05) is 0 Å². The van der Waals surface area contributed by atoms with Crippen LogP contribution in [0, 0.1) is 0 Å². The number of aromatic amines is 1. The number of nitrogens with zero attached hydrogens (tertiary/aromatic N) is 2. The zero-order valence-corrected chi connectivity index (χ0v) is 14.7. The monoisotopic (exact) mass is 357 g/mol. The van der Waals surface area contributed by atoms with E-state index < -0.39 is 0 Å². The fourth-order valence-electron chi connectivity index (χ4n) is 2.87. The normalized spacial score (nSPS) is 15.6. The van der Waals surface area contributed by atoms with Gasteiger partial charge in [0.05, 0.1) is 18.0 Å². The van der Waals surface area contributed by atoms with Gasteiger partial charge in [-0.2, -0.15) is 5.10 Å². The molecule has 26 heavy (non-hydrogen) atoms. The van der Waals surface area contributed by atoms with E-state index in [0.717, 1.165) is 25.7 Å². The number of amides is 1. The van der Waals surface area contributed by atoms with Gasteiger partial charge < -0.3 is 15.8 Å². The average Bonchev–Trinajstić information content (AvgIpc) is 3.27. The van der Waals surface area contributed by atoms with Crippen LogP contribution in [-0.2, 0) is 16.0 Å². The number of esters is 1. The summed E-state index contributed by atoms with van der Waals surface area (Å²) in [4.78, 5) is 28.3. The summed E-state index contributed by atoms with van der Waals surface area (Å²) in [5, 5.41) is 9.41. The van der Waals surface area contributed by atoms with Gasteiger partial charge in [-0.3, -0.25) is 9.89 Å². The minimum Gasteiger partial charge on any atom is -0.459 e. The third-order valence-electron chi connectivity index (χ3n) is 4.26. The fraction of sp³-hybridized carbons (Fsp3) is 0.444. The molecule has 1 fully saturated rings. The quantitative estimate of drug-likeness (QED) is 0.680. The molecule has 0 saturated heterocycles. The van der Waals surface area contributed by atoms with Crippen LogP contribution in [0.4, 0.5) is 5.69 Å². The smallest absolute Gasteiger partial charge is 0.338 e. The summed E-state index contributed by atoms with van der Waals surface area (Å²) in [5.74, 6) is 0.364. The Morgan fingerprint density at radius 3 is 2.62 bits per heavy atom. The Balaban J connectivity index is 1.52. The largest absolute Gasteiger partial charge is 0.459 e. The maximum absolute atomic E-state index is 12.1. The highest BCUT2D eigenvalue weighted by atomic mass is 16.5. The van der Waals surface area contributed by atoms with Gasteiger partial charge in [0.2, 0.25) is 5.91 Å². The molecule has 8 heteroatoms. The molecular formula is C18H23N5O3. The van der Waals surface area contributed by atoms with Crippen molar-refractivity contribution in [3.8, 4) is 0 Å². The third kappa shape index (κ3) is 4.66. The van der Waals surface area contributed by atoms with E-state index in [2.05, 4.69) is 20.5 Å². The van der Waals surface area contributed by atoms with E-state index in [0.29, 0.717) is 22.9 Å². The molecule has 1 atom stereocenters. The van der Waals surface area contributed by atoms with Crippen LogP contribution in [0.5, 0.6) is 0 Å². The molecule has 2 aromatic rings. The Morgan fingerprint density at radius 2 is 2.00 bits per heavy atom. The van der Waals surface area contributed by atoms with Gasteiger partial charge in [-0.25, -0.2) is 9.78 Å². The van der Waals surface area contributed by atoms with E-state index in [4.69, 9.17) is 10.5 Å². The molecule has 1 aliphatic rings. The van der Waals surface area contributed by atoms with Gasteiger partial charge >= 0.3 is 5.97 Å². The Labute approximate surface area is 151 Å². The number of H-pyrrole nitrogens is 1. The number of carbonyl (C=O) groups is 2. The van der Waals surface area contributed by atoms with Crippen LogP contribution in [0.2, 0.25) is 0 Å². The second-order valence-corrected chi connectivity index (χ2v) is 6.54. The predicted molar refractivity (Wildman–Crippen MR) is 95.4 cm³/mol. The van der Waals surface area contributed by atoms with E-state index in [-0.39, 0.29) is 30.4 Å². The van der Waals surface area contributed by atoms with Crippen molar-refractivity contribution < 1.29 is 14.3 Å². The van der Waals surface area contributed by atoms with Crippen molar-refractivity contribution in [3.63, 3.8) is 0 Å². The predicted octanol–water partition coefficient (Wildman–Crippen LogP) is 2.10. The first-order valence-corrected chi connectivity index (χ1v) is 8.79. The number of hydrogen-bond donors (Lipinski definition) is 3. The minimum atomic E-state index is -0.320. The third-order valence-corrected chi connectivity index (χ3v) is 4.26. The summed E-state index contributed by atoms with van der Waals surface area (Å²) in [5.41, 5.74) is 6.76. The highest BCUT2D eigenvalue weighted by Crippen LogP contribution is 2.22. The minimum absolute atomic E-state index is 0.0323. The molecule has 138 valence electrons. The molecule has 1 saturated carbocycles. The second kappa shape index (κ2) is 8.09. The van der Waals surface area contributed by atoms with Gasteiger partial charge in [-0.15, -0.1) is 0 Å². The Kier molecular flexibility index (Phi) is 5.62. The first-order chi connectivity index (χ1) is 12.5. The molecule has 0 bridgehead atoms. The summed E-state index contributed by atoms with van der Waals surface area (Å²) < 4.78 is 5.46. The molecule has 0 spiro atoms. The Morgan fingerprint density at radius 1 is 1.31 bits per heavy atom. The van der Waals surface area contributed by atoms with Crippen LogP contribution in [0.15, 0.2) is 24.3 Å². The van der Waals surface area contributed by atoms with Crippen molar-refractivity contribution in [1.82, 2.24) is 15.2 Å². The molecule has 1 heterocycles. The van der Waals surface area contributed by atoms with E-state index in [1.165, 1.54) is 0 Å². The zero-order chi connectivity index (χ0) is 18.5. The molecule has 1 aromatic heterocycles. The summed E-state index contributed by atoms with van der Waals surface area (Å²) in [6.45, 7) is 1.77. The number of carbonyl (C=O) groups excluding carboxylic acids is 2.